The van der Waals surface area contributed by atoms with Crippen LogP contribution in [0.5, 0.6) is 0 Å². The average Bonchev–Trinajstić information content (AvgIpc) is 3.38. The van der Waals surface area contributed by atoms with E-state index in [4.69, 9.17) is 10.5 Å². The van der Waals surface area contributed by atoms with Crippen molar-refractivity contribution in [1.82, 2.24) is 19.1 Å². The van der Waals surface area contributed by atoms with Crippen molar-refractivity contribution >= 4 is 23.4 Å². The Kier molecular flexibility index (Phi) is 4.53. The van der Waals surface area contributed by atoms with Gasteiger partial charge >= 0.3 is 6.18 Å². The first-order valence-electron chi connectivity index (χ1n) is 9.64. The van der Waals surface area contributed by atoms with Crippen LogP contribution in [0.25, 0.3) is 16.9 Å². The lowest BCUT2D eigenvalue weighted by Gasteiger charge is -2.43. The van der Waals surface area contributed by atoms with Crippen LogP contribution in [0.15, 0.2) is 35.5 Å². The minimum absolute atomic E-state index is 0.0158. The SMILES string of the molecule is Cc1ccc(SNC23COC(CO)(C2)C3)cc1-c1cnc2c(N)nc(C(F)(F)F)cn12. The van der Waals surface area contributed by atoms with Gasteiger partial charge in [0.05, 0.1) is 36.2 Å². The average molecular weight is 451 g/mol. The molecule has 3 aliphatic rings. The third-order valence-corrected chi connectivity index (χ3v) is 6.97. The summed E-state index contributed by atoms with van der Waals surface area (Å²) in [5.74, 6) is -0.274. The maximum absolute atomic E-state index is 13.2. The topological polar surface area (TPSA) is 97.7 Å². The molecule has 0 amide bonds. The molecule has 3 aromatic rings. The number of halogens is 3. The summed E-state index contributed by atoms with van der Waals surface area (Å²) in [6.07, 6.45) is -0.689. The largest absolute Gasteiger partial charge is 0.434 e. The Morgan fingerprint density at radius 2 is 2.13 bits per heavy atom. The molecule has 4 N–H and O–H groups in total. The summed E-state index contributed by atoms with van der Waals surface area (Å²) in [4.78, 5) is 8.52. The van der Waals surface area contributed by atoms with Crippen LogP contribution in [0.1, 0.15) is 24.1 Å². The van der Waals surface area contributed by atoms with E-state index in [0.29, 0.717) is 12.3 Å². The summed E-state index contributed by atoms with van der Waals surface area (Å²) in [5, 5.41) is 9.46. The highest BCUT2D eigenvalue weighted by molar-refractivity contribution is 7.97. The normalized spacial score (nSPS) is 25.2. The molecule has 1 saturated carbocycles. The Morgan fingerprint density at radius 1 is 1.35 bits per heavy atom. The molecule has 2 aliphatic heterocycles. The highest BCUT2D eigenvalue weighted by Gasteiger charge is 2.62. The zero-order valence-corrected chi connectivity index (χ0v) is 17.3. The molecule has 4 heterocycles. The van der Waals surface area contributed by atoms with E-state index in [0.717, 1.165) is 35.1 Å². The zero-order valence-electron chi connectivity index (χ0n) is 16.5. The van der Waals surface area contributed by atoms with Crippen molar-refractivity contribution in [3.8, 4) is 11.3 Å². The number of ether oxygens (including phenoxy) is 1. The molecular formula is C20H20F3N5O2S. The summed E-state index contributed by atoms with van der Waals surface area (Å²) < 4.78 is 50.2. The van der Waals surface area contributed by atoms with E-state index >= 15 is 0 Å². The van der Waals surface area contributed by atoms with E-state index in [1.165, 1.54) is 22.5 Å². The second-order valence-corrected chi connectivity index (χ2v) is 9.17. The Bertz CT molecular complexity index is 1170. The first kappa shape index (κ1) is 20.6. The summed E-state index contributed by atoms with van der Waals surface area (Å²) in [6.45, 7) is 2.44. The second-order valence-electron chi connectivity index (χ2n) is 8.29. The second kappa shape index (κ2) is 6.83. The van der Waals surface area contributed by atoms with E-state index in [-0.39, 0.29) is 23.6 Å². The maximum atomic E-state index is 13.2. The van der Waals surface area contributed by atoms with Crippen LogP contribution in [0.4, 0.5) is 19.0 Å². The Balaban J connectivity index is 1.46. The molecule has 1 aromatic carbocycles. The van der Waals surface area contributed by atoms with Crippen LogP contribution >= 0.6 is 11.9 Å². The lowest BCUT2D eigenvalue weighted by Crippen LogP contribution is -2.57. The number of fused-ring (bicyclic) bond motifs is 2. The molecule has 7 nitrogen and oxygen atoms in total. The third kappa shape index (κ3) is 3.36. The van der Waals surface area contributed by atoms with Gasteiger partial charge in [0.2, 0.25) is 0 Å². The molecule has 0 atom stereocenters. The molecule has 3 fully saturated rings. The smallest absolute Gasteiger partial charge is 0.393 e. The van der Waals surface area contributed by atoms with Crippen LogP contribution in [-0.2, 0) is 10.9 Å². The summed E-state index contributed by atoms with van der Waals surface area (Å²) >= 11 is 1.44. The molecule has 1 aliphatic carbocycles. The van der Waals surface area contributed by atoms with Gasteiger partial charge in [-0.3, -0.25) is 9.12 Å². The van der Waals surface area contributed by atoms with Crippen LogP contribution in [0, 0.1) is 6.92 Å². The van der Waals surface area contributed by atoms with Crippen molar-refractivity contribution < 1.29 is 23.0 Å². The molecule has 0 unspecified atom stereocenters. The summed E-state index contributed by atoms with van der Waals surface area (Å²) in [6, 6.07) is 5.77. The summed E-state index contributed by atoms with van der Waals surface area (Å²) in [5.41, 5.74) is 6.40. The molecule has 2 bridgehead atoms. The number of alkyl halides is 3. The molecule has 0 spiro atoms. The standard InChI is InChI=1S/C20H20F3N5O2S/c1-11-2-3-12(31-27-18-7-19(8-18,9-29)30-10-18)4-13(11)14-5-25-17-16(24)26-15(6-28(14)17)20(21,22)23/h2-6,27,29H,7-10H2,1H3,(H2,24,26). The predicted octanol–water partition coefficient (Wildman–Crippen LogP) is 3.20. The van der Waals surface area contributed by atoms with Gasteiger partial charge in [-0.1, -0.05) is 6.07 Å². The number of aromatic nitrogens is 3. The number of aliphatic hydroxyl groups excluding tert-OH is 1. The third-order valence-electron chi connectivity index (χ3n) is 5.94. The first-order chi connectivity index (χ1) is 14.6. The number of rotatable bonds is 5. The van der Waals surface area contributed by atoms with Crippen LogP contribution in [0.2, 0.25) is 0 Å². The number of nitrogen functional groups attached to an aromatic ring is 1. The molecular weight excluding hydrogens is 431 g/mol. The fraction of sp³-hybridized carbons (Fsp3) is 0.400. The number of hydrogen-bond donors (Lipinski definition) is 3. The Hall–Kier alpha value is -2.34. The molecule has 31 heavy (non-hydrogen) atoms. The van der Waals surface area contributed by atoms with Crippen molar-refractivity contribution in [3.63, 3.8) is 0 Å². The van der Waals surface area contributed by atoms with Crippen molar-refractivity contribution in [2.45, 2.75) is 42.0 Å². The van der Waals surface area contributed by atoms with E-state index in [9.17, 15) is 18.3 Å². The highest BCUT2D eigenvalue weighted by atomic mass is 32.2. The van der Waals surface area contributed by atoms with Gasteiger partial charge in [-0.15, -0.1) is 0 Å². The number of hydrogen-bond acceptors (Lipinski definition) is 7. The fourth-order valence-corrected chi connectivity index (χ4v) is 5.24. The molecule has 6 rings (SSSR count). The predicted molar refractivity (Wildman–Crippen MR) is 109 cm³/mol. The van der Waals surface area contributed by atoms with Crippen molar-refractivity contribution in [1.29, 1.82) is 0 Å². The number of benzene rings is 1. The lowest BCUT2D eigenvalue weighted by molar-refractivity contribution is -0.141. The maximum Gasteiger partial charge on any atom is 0.434 e. The van der Waals surface area contributed by atoms with Crippen molar-refractivity contribution in [3.05, 3.63) is 41.9 Å². The van der Waals surface area contributed by atoms with Gasteiger partial charge in [0.15, 0.2) is 17.2 Å². The monoisotopic (exact) mass is 451 g/mol. The minimum Gasteiger partial charge on any atom is -0.393 e. The molecule has 0 radical (unpaired) electrons. The van der Waals surface area contributed by atoms with Crippen LogP contribution in [-0.4, -0.2) is 43.8 Å². The number of nitrogens with two attached hydrogens (primary N) is 1. The number of nitrogens with zero attached hydrogens (tertiary/aromatic N) is 3. The van der Waals surface area contributed by atoms with Crippen LogP contribution in [0.3, 0.4) is 0 Å². The van der Waals surface area contributed by atoms with Gasteiger partial charge in [0, 0.05) is 29.5 Å². The molecule has 164 valence electrons. The highest BCUT2D eigenvalue weighted by Crippen LogP contribution is 2.52. The van der Waals surface area contributed by atoms with Crippen molar-refractivity contribution in [2.24, 2.45) is 0 Å². The van der Waals surface area contributed by atoms with E-state index < -0.39 is 17.5 Å². The summed E-state index contributed by atoms with van der Waals surface area (Å²) in [7, 11) is 0. The van der Waals surface area contributed by atoms with E-state index in [1.807, 2.05) is 25.1 Å². The number of aryl methyl sites for hydroxylation is 1. The quantitative estimate of drug-likeness (QED) is 0.513. The minimum atomic E-state index is -4.62. The van der Waals surface area contributed by atoms with Gasteiger partial charge < -0.3 is 15.6 Å². The van der Waals surface area contributed by atoms with Crippen molar-refractivity contribution in [2.75, 3.05) is 18.9 Å². The Morgan fingerprint density at radius 3 is 2.81 bits per heavy atom. The lowest BCUT2D eigenvalue weighted by atomic mass is 9.69. The van der Waals surface area contributed by atoms with E-state index in [1.54, 1.807) is 0 Å². The molecule has 2 aromatic heterocycles. The van der Waals surface area contributed by atoms with Crippen LogP contribution < -0.4 is 10.5 Å². The van der Waals surface area contributed by atoms with Gasteiger partial charge in [0.25, 0.3) is 0 Å². The van der Waals surface area contributed by atoms with E-state index in [2.05, 4.69) is 14.7 Å². The fourth-order valence-electron chi connectivity index (χ4n) is 4.39. The van der Waals surface area contributed by atoms with Gasteiger partial charge in [-0.25, -0.2) is 9.97 Å². The zero-order chi connectivity index (χ0) is 22.0. The number of nitrogens with one attached hydrogen (secondary N) is 1. The molecule has 11 heteroatoms. The Labute approximate surface area is 180 Å². The van der Waals surface area contributed by atoms with Gasteiger partial charge in [-0.05, 0) is 36.6 Å². The first-order valence-corrected chi connectivity index (χ1v) is 10.5. The molecule has 2 saturated heterocycles. The number of imidazole rings is 1. The van der Waals surface area contributed by atoms with Gasteiger partial charge in [-0.2, -0.15) is 13.2 Å². The number of aliphatic hydroxyl groups is 1. The number of anilines is 1. The van der Waals surface area contributed by atoms with Gasteiger partial charge in [0.1, 0.15) is 0 Å².